The molecule has 1 N–H and O–H groups in total. The van der Waals surface area contributed by atoms with E-state index in [1.54, 1.807) is 0 Å². The van der Waals surface area contributed by atoms with Gasteiger partial charge in [-0.1, -0.05) is 43.1 Å². The van der Waals surface area contributed by atoms with Crippen molar-refractivity contribution in [2.24, 2.45) is 0 Å². The van der Waals surface area contributed by atoms with Crippen LogP contribution >= 0.6 is 11.6 Å². The number of benzene rings is 2. The summed E-state index contributed by atoms with van der Waals surface area (Å²) in [5.41, 5.74) is 4.05. The zero-order chi connectivity index (χ0) is 22.7. The lowest BCUT2D eigenvalue weighted by molar-refractivity contribution is 0.0935. The Balaban J connectivity index is 1.56. The predicted molar refractivity (Wildman–Crippen MR) is 128 cm³/mol. The number of sulfonamides is 1. The molecule has 1 aliphatic carbocycles. The van der Waals surface area contributed by atoms with Crippen LogP contribution in [0.15, 0.2) is 41.3 Å². The molecular weight excluding hydrogens is 444 g/mol. The molecule has 1 heterocycles. The van der Waals surface area contributed by atoms with E-state index in [0.29, 0.717) is 13.1 Å². The lowest BCUT2D eigenvalue weighted by Gasteiger charge is -2.26. The first-order valence-electron chi connectivity index (χ1n) is 11.6. The minimum absolute atomic E-state index is 0.121. The van der Waals surface area contributed by atoms with Gasteiger partial charge in [0, 0.05) is 13.1 Å². The maximum absolute atomic E-state index is 13.1. The number of hydrogen-bond donors (Lipinski definition) is 1. The van der Waals surface area contributed by atoms with Crippen molar-refractivity contribution in [1.82, 2.24) is 9.62 Å². The van der Waals surface area contributed by atoms with Crippen LogP contribution in [-0.4, -0.2) is 31.7 Å². The van der Waals surface area contributed by atoms with Crippen molar-refractivity contribution in [3.63, 3.8) is 0 Å². The van der Waals surface area contributed by atoms with E-state index in [1.807, 2.05) is 6.92 Å². The van der Waals surface area contributed by atoms with Gasteiger partial charge in [-0.3, -0.25) is 4.79 Å². The molecule has 7 heteroatoms. The second-order valence-corrected chi connectivity index (χ2v) is 11.1. The normalized spacial score (nSPS) is 18.1. The van der Waals surface area contributed by atoms with E-state index in [0.717, 1.165) is 44.1 Å². The largest absolute Gasteiger partial charge is 0.345 e. The van der Waals surface area contributed by atoms with E-state index in [1.165, 1.54) is 46.5 Å². The topological polar surface area (TPSA) is 66.5 Å². The smallest absolute Gasteiger partial charge is 0.253 e. The molecule has 2 aliphatic rings. The Kier molecular flexibility index (Phi) is 7.23. The van der Waals surface area contributed by atoms with Gasteiger partial charge in [0.05, 0.1) is 21.5 Å². The molecular formula is C25H31ClN2O3S. The van der Waals surface area contributed by atoms with Gasteiger partial charge in [-0.2, -0.15) is 4.31 Å². The van der Waals surface area contributed by atoms with Gasteiger partial charge in [0.15, 0.2) is 0 Å². The lowest BCUT2D eigenvalue weighted by Crippen LogP contribution is -2.35. The fourth-order valence-corrected chi connectivity index (χ4v) is 6.47. The van der Waals surface area contributed by atoms with Gasteiger partial charge in [-0.25, -0.2) is 8.42 Å². The van der Waals surface area contributed by atoms with E-state index >= 15 is 0 Å². The first-order chi connectivity index (χ1) is 15.4. The Morgan fingerprint density at radius 1 is 1.00 bits per heavy atom. The molecule has 5 nitrogen and oxygen atoms in total. The maximum Gasteiger partial charge on any atom is 0.253 e. The molecule has 2 aromatic carbocycles. The SMILES string of the molecule is CC[C@@H](NC(=O)c1cc(S(=O)(=O)N2CCCCC2)ccc1Cl)c1ccc2c(c1)CCCC2. The molecule has 1 amide bonds. The van der Waals surface area contributed by atoms with Gasteiger partial charge in [-0.05, 0) is 79.8 Å². The number of rotatable bonds is 6. The van der Waals surface area contributed by atoms with E-state index in [4.69, 9.17) is 11.6 Å². The number of carbonyl (C=O) groups is 1. The van der Waals surface area contributed by atoms with Crippen LogP contribution in [0.2, 0.25) is 5.02 Å². The molecule has 1 saturated heterocycles. The molecule has 0 spiro atoms. The van der Waals surface area contributed by atoms with Crippen LogP contribution < -0.4 is 5.32 Å². The maximum atomic E-state index is 13.1. The zero-order valence-electron chi connectivity index (χ0n) is 18.6. The Labute approximate surface area is 196 Å². The Hall–Kier alpha value is -1.89. The first-order valence-corrected chi connectivity index (χ1v) is 13.4. The van der Waals surface area contributed by atoms with Gasteiger partial charge in [0.2, 0.25) is 10.0 Å². The summed E-state index contributed by atoms with van der Waals surface area (Å²) in [6, 6.07) is 10.7. The highest BCUT2D eigenvalue weighted by molar-refractivity contribution is 7.89. The minimum Gasteiger partial charge on any atom is -0.345 e. The number of halogens is 1. The molecule has 32 heavy (non-hydrogen) atoms. The summed E-state index contributed by atoms with van der Waals surface area (Å²) in [4.78, 5) is 13.3. The lowest BCUT2D eigenvalue weighted by atomic mass is 9.88. The number of piperidine rings is 1. The van der Waals surface area contributed by atoms with Gasteiger partial charge >= 0.3 is 0 Å². The summed E-state index contributed by atoms with van der Waals surface area (Å²) in [6.45, 7) is 3.06. The van der Waals surface area contributed by atoms with Crippen LogP contribution in [-0.2, 0) is 22.9 Å². The number of carbonyl (C=O) groups excluding carboxylic acids is 1. The van der Waals surface area contributed by atoms with Crippen molar-refractivity contribution in [3.8, 4) is 0 Å². The first kappa shape index (κ1) is 23.3. The Morgan fingerprint density at radius 2 is 1.72 bits per heavy atom. The highest BCUT2D eigenvalue weighted by Crippen LogP contribution is 2.28. The van der Waals surface area contributed by atoms with Crippen LogP contribution in [0.1, 0.15) is 78.5 Å². The average molecular weight is 475 g/mol. The molecule has 1 atom stereocenters. The van der Waals surface area contributed by atoms with Crippen molar-refractivity contribution in [2.45, 2.75) is 69.2 Å². The Morgan fingerprint density at radius 3 is 2.44 bits per heavy atom. The Bertz CT molecular complexity index is 1090. The predicted octanol–water partition coefficient (Wildman–Crippen LogP) is 5.27. The van der Waals surface area contributed by atoms with Crippen molar-refractivity contribution in [1.29, 1.82) is 0 Å². The third-order valence-electron chi connectivity index (χ3n) is 6.62. The van der Waals surface area contributed by atoms with Crippen LogP contribution in [0.3, 0.4) is 0 Å². The fourth-order valence-electron chi connectivity index (χ4n) is 4.72. The molecule has 0 radical (unpaired) electrons. The summed E-state index contributed by atoms with van der Waals surface area (Å²) in [5.74, 6) is -0.352. The third-order valence-corrected chi connectivity index (χ3v) is 8.85. The van der Waals surface area contributed by atoms with E-state index in [-0.39, 0.29) is 27.4 Å². The van der Waals surface area contributed by atoms with Crippen molar-refractivity contribution in [2.75, 3.05) is 13.1 Å². The molecule has 4 rings (SSSR count). The van der Waals surface area contributed by atoms with Gasteiger partial charge in [-0.15, -0.1) is 0 Å². The van der Waals surface area contributed by atoms with E-state index < -0.39 is 10.0 Å². The van der Waals surface area contributed by atoms with Crippen LogP contribution in [0.5, 0.6) is 0 Å². The van der Waals surface area contributed by atoms with Crippen LogP contribution in [0, 0.1) is 0 Å². The van der Waals surface area contributed by atoms with Crippen LogP contribution in [0.4, 0.5) is 0 Å². The number of nitrogens with zero attached hydrogens (tertiary/aromatic N) is 1. The number of nitrogens with one attached hydrogen (secondary N) is 1. The summed E-state index contributed by atoms with van der Waals surface area (Å²) in [6.07, 6.45) is 8.12. The molecule has 0 bridgehead atoms. The molecule has 1 fully saturated rings. The average Bonchev–Trinajstić information content (AvgIpc) is 2.82. The van der Waals surface area contributed by atoms with Crippen molar-refractivity contribution in [3.05, 3.63) is 63.7 Å². The monoisotopic (exact) mass is 474 g/mol. The van der Waals surface area contributed by atoms with Crippen molar-refractivity contribution < 1.29 is 13.2 Å². The zero-order valence-corrected chi connectivity index (χ0v) is 20.1. The highest BCUT2D eigenvalue weighted by Gasteiger charge is 2.28. The summed E-state index contributed by atoms with van der Waals surface area (Å²) in [5, 5.41) is 3.32. The minimum atomic E-state index is -3.64. The number of fused-ring (bicyclic) bond motifs is 1. The van der Waals surface area contributed by atoms with E-state index in [9.17, 15) is 13.2 Å². The quantitative estimate of drug-likeness (QED) is 0.619. The molecule has 172 valence electrons. The number of hydrogen-bond acceptors (Lipinski definition) is 3. The molecule has 0 aromatic heterocycles. The van der Waals surface area contributed by atoms with Gasteiger partial charge in [0.1, 0.15) is 0 Å². The van der Waals surface area contributed by atoms with Crippen LogP contribution in [0.25, 0.3) is 0 Å². The van der Waals surface area contributed by atoms with E-state index in [2.05, 4.69) is 23.5 Å². The third kappa shape index (κ3) is 4.87. The summed E-state index contributed by atoms with van der Waals surface area (Å²) < 4.78 is 27.6. The second-order valence-electron chi connectivity index (χ2n) is 8.78. The second kappa shape index (κ2) is 9.94. The molecule has 1 aliphatic heterocycles. The highest BCUT2D eigenvalue weighted by atomic mass is 35.5. The summed E-state index contributed by atoms with van der Waals surface area (Å²) in [7, 11) is -3.64. The number of aryl methyl sites for hydroxylation is 2. The van der Waals surface area contributed by atoms with Gasteiger partial charge in [0.25, 0.3) is 5.91 Å². The molecule has 0 unspecified atom stereocenters. The summed E-state index contributed by atoms with van der Waals surface area (Å²) >= 11 is 6.33. The fraction of sp³-hybridized carbons (Fsp3) is 0.480. The van der Waals surface area contributed by atoms with Gasteiger partial charge < -0.3 is 5.32 Å². The number of amides is 1. The molecule has 2 aromatic rings. The molecule has 0 saturated carbocycles. The standard InChI is InChI=1S/C25H31ClN2O3S/c1-2-24(20-11-10-18-8-4-5-9-19(18)16-20)27-25(29)22-17-21(12-13-23(22)26)32(30,31)28-14-6-3-7-15-28/h10-13,16-17,24H,2-9,14-15H2,1H3,(H,27,29)/t24-/m1/s1. The van der Waals surface area contributed by atoms with Crippen molar-refractivity contribution >= 4 is 27.5 Å².